The first-order chi connectivity index (χ1) is 10.7. The Balaban J connectivity index is 1.78. The minimum Gasteiger partial charge on any atom is -0.272 e. The third-order valence-electron chi connectivity index (χ3n) is 3.68. The highest BCUT2D eigenvalue weighted by Crippen LogP contribution is 2.36. The van der Waals surface area contributed by atoms with Crippen molar-refractivity contribution >= 4 is 11.3 Å². The van der Waals surface area contributed by atoms with E-state index in [0.717, 1.165) is 29.1 Å². The minimum absolute atomic E-state index is 0.0630. The normalized spacial score (nSPS) is 14.4. The molecule has 22 heavy (non-hydrogen) atoms. The van der Waals surface area contributed by atoms with Gasteiger partial charge in [0.1, 0.15) is 0 Å². The first-order valence-corrected chi connectivity index (χ1v) is 8.11. The summed E-state index contributed by atoms with van der Waals surface area (Å²) in [5.74, 6) is 0.701. The molecule has 0 spiro atoms. The van der Waals surface area contributed by atoms with E-state index >= 15 is 0 Å². The van der Waals surface area contributed by atoms with Gasteiger partial charge in [-0.1, -0.05) is 0 Å². The van der Waals surface area contributed by atoms with Crippen LogP contribution in [0.3, 0.4) is 0 Å². The molecule has 0 N–H and O–H groups in total. The Morgan fingerprint density at radius 2 is 2.27 bits per heavy atom. The van der Waals surface area contributed by atoms with Gasteiger partial charge < -0.3 is 0 Å². The van der Waals surface area contributed by atoms with Crippen LogP contribution >= 0.6 is 11.3 Å². The molecule has 0 unspecified atom stereocenters. The molecule has 1 aliphatic rings. The van der Waals surface area contributed by atoms with Crippen LogP contribution in [0.25, 0.3) is 11.4 Å². The van der Waals surface area contributed by atoms with Crippen LogP contribution in [-0.2, 0) is 6.54 Å². The molecule has 3 aromatic heterocycles. The Hall–Kier alpha value is -2.28. The quantitative estimate of drug-likeness (QED) is 0.741. The first-order valence-electron chi connectivity index (χ1n) is 7.23. The molecular formula is C15H15N5OS. The van der Waals surface area contributed by atoms with Crippen LogP contribution in [0.15, 0.2) is 34.7 Å². The molecule has 4 rings (SSSR count). The van der Waals surface area contributed by atoms with Crippen molar-refractivity contribution in [3.05, 3.63) is 51.1 Å². The smallest absolute Gasteiger partial charge is 0.272 e. The summed E-state index contributed by atoms with van der Waals surface area (Å²) in [4.78, 5) is 21.2. The first kappa shape index (κ1) is 13.4. The molecule has 7 heteroatoms. The monoisotopic (exact) mass is 313 g/mol. The van der Waals surface area contributed by atoms with E-state index in [1.165, 1.54) is 4.68 Å². The van der Waals surface area contributed by atoms with E-state index in [1.54, 1.807) is 28.3 Å². The summed E-state index contributed by atoms with van der Waals surface area (Å²) in [6.45, 7) is 2.37. The van der Waals surface area contributed by atoms with Crippen molar-refractivity contribution in [2.45, 2.75) is 32.4 Å². The maximum absolute atomic E-state index is 12.7. The van der Waals surface area contributed by atoms with Crippen LogP contribution in [0.1, 0.15) is 29.6 Å². The SMILES string of the molecule is Cc1nc(Cn2nc(-c3cccnc3)n(C3CC3)c2=O)cs1. The van der Waals surface area contributed by atoms with Crippen molar-refractivity contribution in [3.8, 4) is 11.4 Å². The Morgan fingerprint density at radius 1 is 1.41 bits per heavy atom. The zero-order valence-electron chi connectivity index (χ0n) is 12.1. The van der Waals surface area contributed by atoms with Crippen molar-refractivity contribution in [2.75, 3.05) is 0 Å². The van der Waals surface area contributed by atoms with Gasteiger partial charge in [0.2, 0.25) is 0 Å². The average Bonchev–Trinajstić information content (AvgIpc) is 3.21. The van der Waals surface area contributed by atoms with Gasteiger partial charge in [-0.15, -0.1) is 16.4 Å². The Kier molecular flexibility index (Phi) is 3.15. The lowest BCUT2D eigenvalue weighted by Crippen LogP contribution is -2.25. The van der Waals surface area contributed by atoms with Crippen LogP contribution in [0, 0.1) is 6.92 Å². The lowest BCUT2D eigenvalue weighted by molar-refractivity contribution is 0.618. The largest absolute Gasteiger partial charge is 0.346 e. The summed E-state index contributed by atoms with van der Waals surface area (Å²) in [7, 11) is 0. The van der Waals surface area contributed by atoms with Gasteiger partial charge in [-0.25, -0.2) is 14.5 Å². The predicted octanol–water partition coefficient (Wildman–Crippen LogP) is 2.25. The number of aromatic nitrogens is 5. The molecule has 0 radical (unpaired) electrons. The van der Waals surface area contributed by atoms with Crippen LogP contribution in [0.5, 0.6) is 0 Å². The molecule has 1 fully saturated rings. The molecular weight excluding hydrogens is 298 g/mol. The van der Waals surface area contributed by atoms with E-state index in [4.69, 9.17) is 0 Å². The molecule has 0 saturated heterocycles. The van der Waals surface area contributed by atoms with Gasteiger partial charge in [0.25, 0.3) is 0 Å². The van der Waals surface area contributed by atoms with Gasteiger partial charge in [-0.05, 0) is 31.9 Å². The average molecular weight is 313 g/mol. The number of nitrogens with zero attached hydrogens (tertiary/aromatic N) is 5. The third kappa shape index (κ3) is 2.37. The van der Waals surface area contributed by atoms with Crippen LogP contribution in [0.4, 0.5) is 0 Å². The van der Waals surface area contributed by atoms with Gasteiger partial charge in [-0.2, -0.15) is 0 Å². The summed E-state index contributed by atoms with van der Waals surface area (Å²) in [6, 6.07) is 4.07. The van der Waals surface area contributed by atoms with Gasteiger partial charge in [0.15, 0.2) is 5.82 Å². The molecule has 1 saturated carbocycles. The van der Waals surface area contributed by atoms with Gasteiger partial charge in [0, 0.05) is 29.4 Å². The lowest BCUT2D eigenvalue weighted by atomic mass is 10.3. The second kappa shape index (κ2) is 5.17. The molecule has 0 atom stereocenters. The van der Waals surface area contributed by atoms with Crippen LogP contribution in [0.2, 0.25) is 0 Å². The predicted molar refractivity (Wildman–Crippen MR) is 83.9 cm³/mol. The number of pyridine rings is 1. The highest BCUT2D eigenvalue weighted by molar-refractivity contribution is 7.09. The summed E-state index contributed by atoms with van der Waals surface area (Å²) in [5, 5.41) is 7.51. The second-order valence-electron chi connectivity index (χ2n) is 5.46. The van der Waals surface area contributed by atoms with E-state index in [9.17, 15) is 4.79 Å². The number of rotatable bonds is 4. The molecule has 6 nitrogen and oxygen atoms in total. The summed E-state index contributed by atoms with van der Waals surface area (Å²) in [5.41, 5.74) is 1.69. The second-order valence-corrected chi connectivity index (χ2v) is 6.53. The molecule has 0 aromatic carbocycles. The molecule has 0 bridgehead atoms. The van der Waals surface area contributed by atoms with Crippen molar-refractivity contribution < 1.29 is 0 Å². The number of thiazole rings is 1. The van der Waals surface area contributed by atoms with E-state index < -0.39 is 0 Å². The topological polar surface area (TPSA) is 65.6 Å². The zero-order valence-corrected chi connectivity index (χ0v) is 13.0. The summed E-state index contributed by atoms with van der Waals surface area (Å²) < 4.78 is 3.31. The fourth-order valence-corrected chi connectivity index (χ4v) is 3.12. The van der Waals surface area contributed by atoms with Crippen molar-refractivity contribution in [1.29, 1.82) is 0 Å². The van der Waals surface area contributed by atoms with Crippen LogP contribution < -0.4 is 5.69 Å². The molecule has 0 amide bonds. The van der Waals surface area contributed by atoms with E-state index in [1.807, 2.05) is 24.4 Å². The standard InChI is InChI=1S/C15H15N5OS/c1-10-17-12(9-22-10)8-19-15(21)20(13-4-5-13)14(18-19)11-3-2-6-16-7-11/h2-3,6-7,9,13H,4-5,8H2,1H3. The fourth-order valence-electron chi connectivity index (χ4n) is 2.51. The minimum atomic E-state index is -0.0630. The molecule has 3 aromatic rings. The van der Waals surface area contributed by atoms with E-state index in [0.29, 0.717) is 12.4 Å². The Bertz CT molecular complexity index is 860. The Morgan fingerprint density at radius 3 is 2.91 bits per heavy atom. The Labute approximate surface area is 131 Å². The molecule has 3 heterocycles. The summed E-state index contributed by atoms with van der Waals surface area (Å²) in [6.07, 6.45) is 5.54. The summed E-state index contributed by atoms with van der Waals surface area (Å²) >= 11 is 1.58. The van der Waals surface area contributed by atoms with Gasteiger partial charge in [0.05, 0.1) is 17.2 Å². The highest BCUT2D eigenvalue weighted by Gasteiger charge is 2.30. The molecule has 1 aliphatic carbocycles. The maximum atomic E-state index is 12.7. The lowest BCUT2D eigenvalue weighted by Gasteiger charge is -2.02. The van der Waals surface area contributed by atoms with Gasteiger partial charge >= 0.3 is 5.69 Å². The maximum Gasteiger partial charge on any atom is 0.346 e. The third-order valence-corrected chi connectivity index (χ3v) is 4.50. The van der Waals surface area contributed by atoms with E-state index in [-0.39, 0.29) is 11.7 Å². The molecule has 0 aliphatic heterocycles. The molecule has 112 valence electrons. The van der Waals surface area contributed by atoms with Gasteiger partial charge in [-0.3, -0.25) is 9.55 Å². The van der Waals surface area contributed by atoms with Crippen LogP contribution in [-0.4, -0.2) is 24.3 Å². The zero-order chi connectivity index (χ0) is 15.1. The van der Waals surface area contributed by atoms with Crippen molar-refractivity contribution in [3.63, 3.8) is 0 Å². The van der Waals surface area contributed by atoms with Crippen molar-refractivity contribution in [1.82, 2.24) is 24.3 Å². The number of hydrogen-bond donors (Lipinski definition) is 0. The highest BCUT2D eigenvalue weighted by atomic mass is 32.1. The van der Waals surface area contributed by atoms with E-state index in [2.05, 4.69) is 15.1 Å². The number of hydrogen-bond acceptors (Lipinski definition) is 5. The fraction of sp³-hybridized carbons (Fsp3) is 0.333. The van der Waals surface area contributed by atoms with Crippen molar-refractivity contribution in [2.24, 2.45) is 0 Å². The number of aryl methyl sites for hydroxylation is 1.